The lowest BCUT2D eigenvalue weighted by Gasteiger charge is -2.20. The van der Waals surface area contributed by atoms with Crippen LogP contribution in [0.15, 0.2) is 48.5 Å². The summed E-state index contributed by atoms with van der Waals surface area (Å²) in [5.41, 5.74) is 8.24. The average molecular weight is 377 g/mol. The van der Waals surface area contributed by atoms with Gasteiger partial charge in [0.2, 0.25) is 0 Å². The second-order valence-corrected chi connectivity index (χ2v) is 6.99. The maximum atomic E-state index is 6.13. The standard InChI is InChI=1S/C21H28N2O2.ClH/c1-15(2)24-19-10-6-18(7-11-19)23-13-12-21(14-23)25-20-8-4-17(5-9-20)16(3)22;/h4-11,15-16,21H,12-14,22H2,1-3H3;1H/t16-,21+;/m0./s1. The van der Waals surface area contributed by atoms with Gasteiger partial charge in [0.05, 0.1) is 12.6 Å². The molecule has 0 radical (unpaired) electrons. The van der Waals surface area contributed by atoms with E-state index in [-0.39, 0.29) is 30.7 Å². The van der Waals surface area contributed by atoms with E-state index in [1.165, 1.54) is 5.69 Å². The zero-order valence-corrected chi connectivity index (χ0v) is 16.5. The zero-order chi connectivity index (χ0) is 17.8. The number of halogens is 1. The molecule has 2 aromatic rings. The third kappa shape index (κ3) is 5.29. The summed E-state index contributed by atoms with van der Waals surface area (Å²) in [5.74, 6) is 1.83. The van der Waals surface area contributed by atoms with Crippen LogP contribution in [0.5, 0.6) is 11.5 Å². The van der Waals surface area contributed by atoms with E-state index in [9.17, 15) is 0 Å². The highest BCUT2D eigenvalue weighted by Crippen LogP contribution is 2.26. The van der Waals surface area contributed by atoms with Gasteiger partial charge in [0, 0.05) is 24.7 Å². The van der Waals surface area contributed by atoms with Crippen LogP contribution in [0, 0.1) is 0 Å². The van der Waals surface area contributed by atoms with Gasteiger partial charge in [-0.2, -0.15) is 0 Å². The second kappa shape index (κ2) is 9.15. The first-order chi connectivity index (χ1) is 12.0. The summed E-state index contributed by atoms with van der Waals surface area (Å²) in [6.07, 6.45) is 1.44. The zero-order valence-electron chi connectivity index (χ0n) is 15.7. The van der Waals surface area contributed by atoms with Crippen molar-refractivity contribution in [2.75, 3.05) is 18.0 Å². The fraction of sp³-hybridized carbons (Fsp3) is 0.429. The first-order valence-corrected chi connectivity index (χ1v) is 9.05. The summed E-state index contributed by atoms with van der Waals surface area (Å²) >= 11 is 0. The van der Waals surface area contributed by atoms with Crippen LogP contribution < -0.4 is 20.1 Å². The molecule has 0 aromatic heterocycles. The third-order valence-electron chi connectivity index (χ3n) is 4.43. The van der Waals surface area contributed by atoms with Gasteiger partial charge in [0.25, 0.3) is 0 Å². The number of hydrogen-bond donors (Lipinski definition) is 1. The van der Waals surface area contributed by atoms with E-state index >= 15 is 0 Å². The molecule has 1 fully saturated rings. The Balaban J connectivity index is 0.00000243. The van der Waals surface area contributed by atoms with E-state index in [4.69, 9.17) is 15.2 Å². The molecule has 26 heavy (non-hydrogen) atoms. The van der Waals surface area contributed by atoms with Crippen LogP contribution >= 0.6 is 12.4 Å². The Labute approximate surface area is 162 Å². The number of anilines is 1. The molecule has 1 aliphatic rings. The molecule has 0 amide bonds. The smallest absolute Gasteiger partial charge is 0.119 e. The molecule has 1 saturated heterocycles. The Bertz CT molecular complexity index is 671. The summed E-state index contributed by atoms with van der Waals surface area (Å²) in [7, 11) is 0. The molecule has 1 aliphatic heterocycles. The molecule has 0 spiro atoms. The van der Waals surface area contributed by atoms with Crippen molar-refractivity contribution in [3.05, 3.63) is 54.1 Å². The SMILES string of the molecule is CC(C)Oc1ccc(N2CC[C@@H](Oc3ccc([C@H](C)N)cc3)C2)cc1.Cl. The van der Waals surface area contributed by atoms with Gasteiger partial charge in [-0.1, -0.05) is 12.1 Å². The minimum Gasteiger partial charge on any atom is -0.491 e. The van der Waals surface area contributed by atoms with Gasteiger partial charge in [-0.25, -0.2) is 0 Å². The minimum atomic E-state index is 0. The van der Waals surface area contributed by atoms with Crippen LogP contribution in [0.3, 0.4) is 0 Å². The van der Waals surface area contributed by atoms with E-state index in [0.717, 1.165) is 36.6 Å². The highest BCUT2D eigenvalue weighted by Gasteiger charge is 2.24. The fourth-order valence-corrected chi connectivity index (χ4v) is 3.11. The van der Waals surface area contributed by atoms with Gasteiger partial charge >= 0.3 is 0 Å². The van der Waals surface area contributed by atoms with Crippen LogP contribution in [0.4, 0.5) is 5.69 Å². The Morgan fingerprint density at radius 3 is 2.15 bits per heavy atom. The Kier molecular flexibility index (Phi) is 7.18. The van der Waals surface area contributed by atoms with Crippen molar-refractivity contribution in [1.82, 2.24) is 0 Å². The lowest BCUT2D eigenvalue weighted by molar-refractivity contribution is 0.225. The molecule has 5 heteroatoms. The number of nitrogens with two attached hydrogens (primary N) is 1. The molecule has 2 aromatic carbocycles. The highest BCUT2D eigenvalue weighted by atomic mass is 35.5. The predicted molar refractivity (Wildman–Crippen MR) is 110 cm³/mol. The van der Waals surface area contributed by atoms with E-state index < -0.39 is 0 Å². The minimum absolute atomic E-state index is 0. The first-order valence-electron chi connectivity index (χ1n) is 9.05. The van der Waals surface area contributed by atoms with Gasteiger partial charge in [-0.05, 0) is 62.7 Å². The van der Waals surface area contributed by atoms with Crippen LogP contribution in [-0.2, 0) is 0 Å². The number of hydrogen-bond acceptors (Lipinski definition) is 4. The van der Waals surface area contributed by atoms with Crippen molar-refractivity contribution in [3.63, 3.8) is 0 Å². The molecule has 1 heterocycles. The fourth-order valence-electron chi connectivity index (χ4n) is 3.11. The number of nitrogens with zero attached hydrogens (tertiary/aromatic N) is 1. The molecule has 4 nitrogen and oxygen atoms in total. The molecule has 0 unspecified atom stereocenters. The summed E-state index contributed by atoms with van der Waals surface area (Å²) in [6.45, 7) is 7.97. The van der Waals surface area contributed by atoms with Crippen LogP contribution in [0.1, 0.15) is 38.8 Å². The van der Waals surface area contributed by atoms with Gasteiger partial charge < -0.3 is 20.1 Å². The van der Waals surface area contributed by atoms with Crippen LogP contribution in [0.25, 0.3) is 0 Å². The van der Waals surface area contributed by atoms with Crippen molar-refractivity contribution in [2.24, 2.45) is 5.73 Å². The third-order valence-corrected chi connectivity index (χ3v) is 4.43. The van der Waals surface area contributed by atoms with Crippen molar-refractivity contribution in [2.45, 2.75) is 45.4 Å². The lowest BCUT2D eigenvalue weighted by Crippen LogP contribution is -2.24. The summed E-state index contributed by atoms with van der Waals surface area (Å²) in [4.78, 5) is 2.36. The van der Waals surface area contributed by atoms with Crippen molar-refractivity contribution >= 4 is 18.1 Å². The molecule has 0 aliphatic carbocycles. The molecule has 3 rings (SSSR count). The van der Waals surface area contributed by atoms with E-state index in [1.54, 1.807) is 0 Å². The van der Waals surface area contributed by atoms with Gasteiger partial charge in [-0.3, -0.25) is 0 Å². The normalized spacial score (nSPS) is 17.7. The van der Waals surface area contributed by atoms with Crippen molar-refractivity contribution < 1.29 is 9.47 Å². The topological polar surface area (TPSA) is 47.7 Å². The molecule has 142 valence electrons. The molecule has 2 atom stereocenters. The number of ether oxygens (including phenoxy) is 2. The number of rotatable bonds is 6. The molecule has 0 bridgehead atoms. The average Bonchev–Trinajstić information content (AvgIpc) is 3.04. The van der Waals surface area contributed by atoms with Crippen molar-refractivity contribution in [1.29, 1.82) is 0 Å². The number of benzene rings is 2. The van der Waals surface area contributed by atoms with E-state index in [1.807, 2.05) is 57.2 Å². The second-order valence-electron chi connectivity index (χ2n) is 6.99. The Hall–Kier alpha value is -1.91. The molecular weight excluding hydrogens is 348 g/mol. The largest absolute Gasteiger partial charge is 0.491 e. The first kappa shape index (κ1) is 20.4. The summed E-state index contributed by atoms with van der Waals surface area (Å²) in [5, 5.41) is 0. The van der Waals surface area contributed by atoms with E-state index in [0.29, 0.717) is 0 Å². The monoisotopic (exact) mass is 376 g/mol. The van der Waals surface area contributed by atoms with E-state index in [2.05, 4.69) is 17.0 Å². The maximum Gasteiger partial charge on any atom is 0.119 e. The van der Waals surface area contributed by atoms with Gasteiger partial charge in [0.1, 0.15) is 17.6 Å². The Morgan fingerprint density at radius 2 is 1.58 bits per heavy atom. The predicted octanol–water partition coefficient (Wildman–Crippen LogP) is 4.57. The van der Waals surface area contributed by atoms with Crippen LogP contribution in [-0.4, -0.2) is 25.3 Å². The van der Waals surface area contributed by atoms with Gasteiger partial charge in [0.15, 0.2) is 0 Å². The molecule has 2 N–H and O–H groups in total. The molecular formula is C21H29ClN2O2. The van der Waals surface area contributed by atoms with Crippen LogP contribution in [0.2, 0.25) is 0 Å². The summed E-state index contributed by atoms with van der Waals surface area (Å²) in [6, 6.07) is 16.5. The highest BCUT2D eigenvalue weighted by molar-refractivity contribution is 5.85. The quantitative estimate of drug-likeness (QED) is 0.802. The summed E-state index contributed by atoms with van der Waals surface area (Å²) < 4.78 is 11.8. The lowest BCUT2D eigenvalue weighted by atomic mass is 10.1. The Morgan fingerprint density at radius 1 is 0.962 bits per heavy atom. The van der Waals surface area contributed by atoms with Crippen molar-refractivity contribution in [3.8, 4) is 11.5 Å². The molecule has 0 saturated carbocycles. The maximum absolute atomic E-state index is 6.13. The van der Waals surface area contributed by atoms with Gasteiger partial charge in [-0.15, -0.1) is 12.4 Å².